The molecule has 0 aliphatic rings. The van der Waals surface area contributed by atoms with Crippen LogP contribution in [0.2, 0.25) is 26.6 Å². The minimum atomic E-state index is -2.54. The number of thiophene rings is 2. The average molecular weight is 940 g/mol. The van der Waals surface area contributed by atoms with Crippen LogP contribution in [-0.2, 0) is 0 Å². The summed E-state index contributed by atoms with van der Waals surface area (Å²) in [5.41, 5.74) is 3.38. The molecule has 3 rings (SSSR count). The van der Waals surface area contributed by atoms with Crippen LogP contribution >= 0.6 is 22.7 Å². The van der Waals surface area contributed by atoms with E-state index in [2.05, 4.69) is 94.8 Å². The average Bonchev–Trinajstić information content (AvgIpc) is 3.83. The molecular formula is C45H83NS2Sn2. The third-order valence-electron chi connectivity index (χ3n) is 12.4. The molecule has 0 aliphatic carbocycles. The summed E-state index contributed by atoms with van der Waals surface area (Å²) in [7, 11) is 0. The standard InChI is InChI=1S/C21H29NS2.6C4H9.2Sn/c1-3-5-7-9-11-17(12-10-8-6-4-2)22-18-13-15-23-20(18)21-19(22)14-16-24-21;6*1-3-4-2;;/h13-14,17H,3-12H2,1-2H3;6*1,3-4H2,2H3;;. The first-order chi connectivity index (χ1) is 24.4. The number of nitrogens with zero attached hydrogens (tertiary/aromatic N) is 1. The van der Waals surface area contributed by atoms with Crippen LogP contribution in [0.5, 0.6) is 0 Å². The van der Waals surface area contributed by atoms with Crippen molar-refractivity contribution >= 4 is 85.6 Å². The summed E-state index contributed by atoms with van der Waals surface area (Å²) in [6, 6.07) is 6.47. The van der Waals surface area contributed by atoms with Gasteiger partial charge >= 0.3 is 332 Å². The molecule has 0 aromatic carbocycles. The summed E-state index contributed by atoms with van der Waals surface area (Å²) < 4.78 is 20.0. The van der Waals surface area contributed by atoms with Crippen molar-refractivity contribution in [3.8, 4) is 0 Å². The molecule has 0 saturated heterocycles. The van der Waals surface area contributed by atoms with Crippen LogP contribution in [0.15, 0.2) is 12.1 Å². The fourth-order valence-electron chi connectivity index (χ4n) is 9.09. The summed E-state index contributed by atoms with van der Waals surface area (Å²) in [6.07, 6.45) is 30.9. The van der Waals surface area contributed by atoms with Crippen molar-refractivity contribution < 1.29 is 0 Å². The second-order valence-corrected chi connectivity index (χ2v) is 47.0. The van der Waals surface area contributed by atoms with Gasteiger partial charge in [-0.1, -0.05) is 0 Å². The predicted molar refractivity (Wildman–Crippen MR) is 241 cm³/mol. The summed E-state index contributed by atoms with van der Waals surface area (Å²) in [5, 5.41) is 0. The number of fused-ring (bicyclic) bond motifs is 3. The molecule has 3 aromatic rings. The van der Waals surface area contributed by atoms with Crippen LogP contribution < -0.4 is 5.79 Å². The van der Waals surface area contributed by atoms with Crippen molar-refractivity contribution in [1.82, 2.24) is 4.57 Å². The van der Waals surface area contributed by atoms with Gasteiger partial charge in [0, 0.05) is 0 Å². The zero-order valence-corrected chi connectivity index (χ0v) is 42.1. The summed E-state index contributed by atoms with van der Waals surface area (Å²) in [4.78, 5) is 0. The molecular weight excluding hydrogens is 856 g/mol. The van der Waals surface area contributed by atoms with Crippen molar-refractivity contribution in [2.45, 2.75) is 229 Å². The van der Waals surface area contributed by atoms with Crippen LogP contribution in [0.4, 0.5) is 0 Å². The maximum absolute atomic E-state index is 3.05. The Bertz CT molecular complexity index is 1160. The van der Waals surface area contributed by atoms with Gasteiger partial charge in [-0.15, -0.1) is 0 Å². The van der Waals surface area contributed by atoms with E-state index in [4.69, 9.17) is 0 Å². The molecule has 0 radical (unpaired) electrons. The van der Waals surface area contributed by atoms with E-state index < -0.39 is 36.8 Å². The first-order valence-electron chi connectivity index (χ1n) is 22.5. The van der Waals surface area contributed by atoms with E-state index in [1.165, 1.54) is 141 Å². The van der Waals surface area contributed by atoms with Gasteiger partial charge in [-0.05, 0) is 0 Å². The molecule has 0 fully saturated rings. The number of hydrogen-bond acceptors (Lipinski definition) is 2. The molecule has 0 spiro atoms. The minimum absolute atomic E-state index is 0.673. The first-order valence-corrected chi connectivity index (χ1v) is 39.1. The van der Waals surface area contributed by atoms with Crippen LogP contribution in [0, 0.1) is 0 Å². The molecule has 288 valence electrons. The molecule has 3 aromatic heterocycles. The van der Waals surface area contributed by atoms with E-state index in [9.17, 15) is 0 Å². The SMILES string of the molecule is CCCCCCC(CCCCCC)n1c2c[c]([Sn]([CH2]CCC)([CH2]CCC)[CH2]CCC)sc2c2s[c]([Sn]([CH2]CCC)([CH2]CCC)[CH2]CCC)cc21. The van der Waals surface area contributed by atoms with Crippen LogP contribution in [0.3, 0.4) is 0 Å². The first kappa shape index (κ1) is 45.2. The van der Waals surface area contributed by atoms with Gasteiger partial charge in [-0.3, -0.25) is 0 Å². The fraction of sp³-hybridized carbons (Fsp3) is 0.822. The van der Waals surface area contributed by atoms with E-state index in [0.29, 0.717) is 6.04 Å². The van der Waals surface area contributed by atoms with E-state index in [1.807, 2.05) is 5.79 Å². The Morgan fingerprint density at radius 2 is 0.720 bits per heavy atom. The zero-order valence-electron chi connectivity index (χ0n) is 34.8. The van der Waals surface area contributed by atoms with Crippen molar-refractivity contribution in [3.05, 3.63) is 12.1 Å². The molecule has 50 heavy (non-hydrogen) atoms. The van der Waals surface area contributed by atoms with Crippen LogP contribution in [0.1, 0.15) is 203 Å². The van der Waals surface area contributed by atoms with E-state index in [0.717, 1.165) is 0 Å². The molecule has 0 bridgehead atoms. The van der Waals surface area contributed by atoms with E-state index in [-0.39, 0.29) is 0 Å². The second kappa shape index (κ2) is 25.1. The topological polar surface area (TPSA) is 4.93 Å². The predicted octanol–water partition coefficient (Wildman–Crippen LogP) is 16.5. The molecule has 3 heterocycles. The molecule has 1 nitrogen and oxygen atoms in total. The Labute approximate surface area is 328 Å². The van der Waals surface area contributed by atoms with Gasteiger partial charge in [-0.2, -0.15) is 0 Å². The molecule has 0 amide bonds. The maximum atomic E-state index is 3.05. The van der Waals surface area contributed by atoms with Crippen molar-refractivity contribution in [1.29, 1.82) is 0 Å². The molecule has 0 N–H and O–H groups in total. The Morgan fingerprint density at radius 3 is 1.00 bits per heavy atom. The summed E-state index contributed by atoms with van der Waals surface area (Å²) in [5.74, 6) is 0. The number of rotatable bonds is 31. The second-order valence-electron chi connectivity index (χ2n) is 16.6. The zero-order chi connectivity index (χ0) is 36.2. The molecule has 0 unspecified atom stereocenters. The Balaban J connectivity index is 2.33. The third kappa shape index (κ3) is 12.4. The van der Waals surface area contributed by atoms with Gasteiger partial charge in [0.25, 0.3) is 0 Å². The van der Waals surface area contributed by atoms with Crippen LogP contribution in [0.25, 0.3) is 20.4 Å². The number of unbranched alkanes of at least 4 members (excludes halogenated alkanes) is 12. The number of hydrogen-bond donors (Lipinski definition) is 0. The van der Waals surface area contributed by atoms with E-state index in [1.54, 1.807) is 47.1 Å². The van der Waals surface area contributed by atoms with Crippen molar-refractivity contribution in [2.75, 3.05) is 0 Å². The van der Waals surface area contributed by atoms with Gasteiger partial charge in [0.2, 0.25) is 0 Å². The fourth-order valence-corrected chi connectivity index (χ4v) is 49.7. The Morgan fingerprint density at radius 1 is 0.420 bits per heavy atom. The van der Waals surface area contributed by atoms with Crippen molar-refractivity contribution in [3.63, 3.8) is 0 Å². The Hall–Kier alpha value is 0.797. The van der Waals surface area contributed by atoms with Gasteiger partial charge in [0.15, 0.2) is 0 Å². The normalized spacial score (nSPS) is 12.8. The van der Waals surface area contributed by atoms with Gasteiger partial charge in [-0.25, -0.2) is 0 Å². The molecule has 0 aliphatic heterocycles. The van der Waals surface area contributed by atoms with Gasteiger partial charge < -0.3 is 0 Å². The summed E-state index contributed by atoms with van der Waals surface area (Å²) >= 11 is -0.347. The summed E-state index contributed by atoms with van der Waals surface area (Å²) in [6.45, 7) is 19.4. The van der Waals surface area contributed by atoms with Gasteiger partial charge in [0.05, 0.1) is 0 Å². The monoisotopic (exact) mass is 941 g/mol. The van der Waals surface area contributed by atoms with E-state index >= 15 is 0 Å². The molecule has 0 saturated carbocycles. The molecule has 0 atom stereocenters. The van der Waals surface area contributed by atoms with Crippen LogP contribution in [-0.4, -0.2) is 41.3 Å². The van der Waals surface area contributed by atoms with Gasteiger partial charge in [0.1, 0.15) is 0 Å². The van der Waals surface area contributed by atoms with Crippen molar-refractivity contribution in [2.24, 2.45) is 0 Å². The Kier molecular flexibility index (Phi) is 22.6. The molecule has 5 heteroatoms. The quantitative estimate of drug-likeness (QED) is 0.0447. The number of aromatic nitrogens is 1. The third-order valence-corrected chi connectivity index (χ3v) is 51.2.